The predicted octanol–water partition coefficient (Wildman–Crippen LogP) is 0.432. The van der Waals surface area contributed by atoms with Crippen LogP contribution in [0.3, 0.4) is 0 Å². The van der Waals surface area contributed by atoms with Gasteiger partial charge in [-0.15, -0.1) is 0 Å². The molecule has 0 saturated carbocycles. The van der Waals surface area contributed by atoms with E-state index in [1.165, 1.54) is 49.9 Å². The van der Waals surface area contributed by atoms with Crippen LogP contribution in [-0.2, 0) is 0 Å². The summed E-state index contributed by atoms with van der Waals surface area (Å²) in [5, 5.41) is 1.16. The van der Waals surface area contributed by atoms with Crippen LogP contribution < -0.4 is 17.0 Å². The highest BCUT2D eigenvalue weighted by Gasteiger charge is 2.19. The maximum absolute atomic E-state index is 3.48. The minimum atomic E-state index is 0. The maximum atomic E-state index is 3.48. The number of rotatable bonds is 8. The smallest absolute Gasteiger partial charge is 0.0786 e. The summed E-state index contributed by atoms with van der Waals surface area (Å²) in [6, 6.07) is 0. The number of quaternary nitrogens is 1. The summed E-state index contributed by atoms with van der Waals surface area (Å²) < 4.78 is 1.31. The van der Waals surface area contributed by atoms with Crippen molar-refractivity contribution in [3.8, 4) is 0 Å². The summed E-state index contributed by atoms with van der Waals surface area (Å²) in [6.07, 6.45) is 4.10. The van der Waals surface area contributed by atoms with E-state index in [1.807, 2.05) is 0 Å². The van der Waals surface area contributed by atoms with Gasteiger partial charge < -0.3 is 21.5 Å². The molecule has 14 heavy (non-hydrogen) atoms. The summed E-state index contributed by atoms with van der Waals surface area (Å²) in [6.45, 7) is 12.2. The van der Waals surface area contributed by atoms with E-state index in [0.717, 1.165) is 5.33 Å². The van der Waals surface area contributed by atoms with Crippen molar-refractivity contribution < 1.29 is 21.5 Å². The van der Waals surface area contributed by atoms with E-state index in [4.69, 9.17) is 0 Å². The van der Waals surface area contributed by atoms with E-state index >= 15 is 0 Å². The number of unbranched alkanes of at least 4 members (excludes halogenated alkanes) is 2. The first-order valence-corrected chi connectivity index (χ1v) is 6.77. The fraction of sp³-hybridized carbons (Fsp3) is 1.00. The Morgan fingerprint density at radius 1 is 0.857 bits per heavy atom. The van der Waals surface area contributed by atoms with Gasteiger partial charge in [0.1, 0.15) is 0 Å². The van der Waals surface area contributed by atoms with E-state index < -0.39 is 0 Å². The van der Waals surface area contributed by atoms with Gasteiger partial charge in [0.15, 0.2) is 0 Å². The number of hydrogen-bond acceptors (Lipinski definition) is 0. The van der Waals surface area contributed by atoms with Gasteiger partial charge in [0, 0.05) is 5.33 Å². The lowest BCUT2D eigenvalue weighted by Gasteiger charge is -2.35. The summed E-state index contributed by atoms with van der Waals surface area (Å²) >= 11 is 3.48. The third kappa shape index (κ3) is 6.41. The van der Waals surface area contributed by atoms with Gasteiger partial charge in [0.2, 0.25) is 0 Å². The van der Waals surface area contributed by atoms with Crippen molar-refractivity contribution in [2.24, 2.45) is 0 Å². The Morgan fingerprint density at radius 2 is 1.36 bits per heavy atom. The second-order valence-electron chi connectivity index (χ2n) is 3.76. The molecule has 0 fully saturated rings. The molecule has 0 unspecified atom stereocenters. The molecule has 3 heteroatoms. The fourth-order valence-electron chi connectivity index (χ4n) is 1.86. The Hall–Kier alpha value is 0.920. The lowest BCUT2D eigenvalue weighted by atomic mass is 10.2. The van der Waals surface area contributed by atoms with Crippen LogP contribution in [0, 0.1) is 0 Å². The van der Waals surface area contributed by atoms with Gasteiger partial charge in [0.25, 0.3) is 0 Å². The highest BCUT2D eigenvalue weighted by molar-refractivity contribution is 9.09. The van der Waals surface area contributed by atoms with Crippen LogP contribution in [0.5, 0.6) is 0 Å². The number of nitrogens with zero attached hydrogens (tertiary/aromatic N) is 1. The highest BCUT2D eigenvalue weighted by atomic mass is 79.9. The van der Waals surface area contributed by atoms with Crippen LogP contribution in [0.4, 0.5) is 0 Å². The second-order valence-corrected chi connectivity index (χ2v) is 4.56. The van der Waals surface area contributed by atoms with Crippen molar-refractivity contribution in [1.29, 1.82) is 0 Å². The van der Waals surface area contributed by atoms with Gasteiger partial charge in [-0.2, -0.15) is 0 Å². The average molecular weight is 331 g/mol. The molecule has 0 radical (unpaired) electrons. The zero-order valence-corrected chi connectivity index (χ0v) is 13.0. The van der Waals surface area contributed by atoms with Crippen molar-refractivity contribution in [2.45, 2.75) is 40.0 Å². The van der Waals surface area contributed by atoms with Gasteiger partial charge in [0.05, 0.1) is 26.2 Å². The van der Waals surface area contributed by atoms with E-state index in [1.54, 1.807) is 0 Å². The number of hydrogen-bond donors (Lipinski definition) is 0. The molecular formula is C11H25Br2N. The molecule has 88 valence electrons. The summed E-state index contributed by atoms with van der Waals surface area (Å²) in [5.41, 5.74) is 0. The van der Waals surface area contributed by atoms with E-state index in [-0.39, 0.29) is 17.0 Å². The van der Waals surface area contributed by atoms with Crippen LogP contribution in [-0.4, -0.2) is 36.0 Å². The van der Waals surface area contributed by atoms with E-state index in [2.05, 4.69) is 36.7 Å². The minimum Gasteiger partial charge on any atom is -1.00 e. The Morgan fingerprint density at radius 3 is 1.71 bits per heavy atom. The van der Waals surface area contributed by atoms with E-state index in [0.29, 0.717) is 0 Å². The summed E-state index contributed by atoms with van der Waals surface area (Å²) in [5.74, 6) is 0. The third-order valence-electron chi connectivity index (χ3n) is 3.28. The second kappa shape index (κ2) is 10.4. The number of halogens is 2. The Balaban J connectivity index is 0. The molecule has 0 atom stereocenters. The van der Waals surface area contributed by atoms with Gasteiger partial charge in [-0.3, -0.25) is 0 Å². The largest absolute Gasteiger partial charge is 1.00 e. The topological polar surface area (TPSA) is 0 Å². The molecule has 0 heterocycles. The molecular weight excluding hydrogens is 306 g/mol. The molecule has 0 aromatic heterocycles. The molecule has 0 amide bonds. The lowest BCUT2D eigenvalue weighted by Crippen LogP contribution is -3.00. The van der Waals surface area contributed by atoms with Crippen LogP contribution in [0.2, 0.25) is 0 Å². The van der Waals surface area contributed by atoms with Crippen molar-refractivity contribution in [1.82, 2.24) is 0 Å². The van der Waals surface area contributed by atoms with Crippen molar-refractivity contribution in [2.75, 3.05) is 31.5 Å². The Labute approximate surface area is 109 Å². The van der Waals surface area contributed by atoms with Gasteiger partial charge in [-0.05, 0) is 40.0 Å². The summed E-state index contributed by atoms with van der Waals surface area (Å²) in [7, 11) is 0. The molecule has 0 bridgehead atoms. The van der Waals surface area contributed by atoms with Crippen molar-refractivity contribution in [3.63, 3.8) is 0 Å². The third-order valence-corrected chi connectivity index (χ3v) is 3.84. The molecule has 0 rings (SSSR count). The van der Waals surface area contributed by atoms with Crippen LogP contribution >= 0.6 is 15.9 Å². The van der Waals surface area contributed by atoms with Crippen molar-refractivity contribution >= 4 is 15.9 Å². The predicted molar refractivity (Wildman–Crippen MR) is 64.4 cm³/mol. The van der Waals surface area contributed by atoms with Crippen LogP contribution in [0.25, 0.3) is 0 Å². The first-order chi connectivity index (χ1) is 6.24. The van der Waals surface area contributed by atoms with Crippen LogP contribution in [0.15, 0.2) is 0 Å². The van der Waals surface area contributed by atoms with Crippen molar-refractivity contribution in [3.05, 3.63) is 0 Å². The summed E-state index contributed by atoms with van der Waals surface area (Å²) in [4.78, 5) is 0. The quantitative estimate of drug-likeness (QED) is 0.344. The van der Waals surface area contributed by atoms with Gasteiger partial charge >= 0.3 is 0 Å². The molecule has 0 aliphatic heterocycles. The molecule has 0 spiro atoms. The maximum Gasteiger partial charge on any atom is 0.0786 e. The normalized spacial score (nSPS) is 11.1. The minimum absolute atomic E-state index is 0. The molecule has 0 aliphatic carbocycles. The fourth-order valence-corrected chi connectivity index (χ4v) is 2.26. The molecule has 0 aromatic carbocycles. The number of alkyl halides is 1. The molecule has 0 saturated heterocycles. The molecule has 0 N–H and O–H groups in total. The van der Waals surface area contributed by atoms with Gasteiger partial charge in [-0.1, -0.05) is 15.9 Å². The SMILES string of the molecule is CC[N+](CC)(CC)CCCCCBr.[Br-]. The average Bonchev–Trinajstić information content (AvgIpc) is 2.20. The first-order valence-electron chi connectivity index (χ1n) is 5.65. The Bertz CT molecular complexity index is 106. The molecule has 1 nitrogen and oxygen atoms in total. The van der Waals surface area contributed by atoms with Gasteiger partial charge in [-0.25, -0.2) is 0 Å². The lowest BCUT2D eigenvalue weighted by molar-refractivity contribution is -0.923. The monoisotopic (exact) mass is 329 g/mol. The first kappa shape index (κ1) is 17.3. The van der Waals surface area contributed by atoms with Crippen LogP contribution in [0.1, 0.15) is 40.0 Å². The molecule has 0 aromatic rings. The highest BCUT2D eigenvalue weighted by Crippen LogP contribution is 2.09. The van der Waals surface area contributed by atoms with E-state index in [9.17, 15) is 0 Å². The zero-order chi connectivity index (χ0) is 10.2. The zero-order valence-electron chi connectivity index (χ0n) is 9.86. The molecule has 0 aliphatic rings. The standard InChI is InChI=1S/C11H25BrN.BrH/c1-4-13(5-2,6-3)11-9-7-8-10-12;/h4-11H2,1-3H3;1H/q+1;/p-1. The Kier molecular flexibility index (Phi) is 12.9.